The third-order valence-electron chi connectivity index (χ3n) is 4.71. The van der Waals surface area contributed by atoms with Crippen LogP contribution in [-0.2, 0) is 0 Å². The van der Waals surface area contributed by atoms with Crippen LogP contribution in [0.4, 0.5) is 5.69 Å². The summed E-state index contributed by atoms with van der Waals surface area (Å²) in [6.07, 6.45) is 3.87. The molecule has 3 rings (SSSR count). The van der Waals surface area contributed by atoms with Gasteiger partial charge in [-0.3, -0.25) is 9.78 Å². The van der Waals surface area contributed by atoms with E-state index in [-0.39, 0.29) is 5.91 Å². The summed E-state index contributed by atoms with van der Waals surface area (Å²) >= 11 is 6.03. The van der Waals surface area contributed by atoms with Crippen LogP contribution in [0.2, 0.25) is 5.02 Å². The van der Waals surface area contributed by atoms with Gasteiger partial charge in [0.15, 0.2) is 0 Å². The number of guanidine groups is 1. The van der Waals surface area contributed by atoms with E-state index >= 15 is 0 Å². The van der Waals surface area contributed by atoms with Crippen molar-refractivity contribution in [2.45, 2.75) is 13.3 Å². The number of nitrogens with zero attached hydrogens (tertiary/aromatic N) is 4. The summed E-state index contributed by atoms with van der Waals surface area (Å²) in [5, 5.41) is 8.45. The molecule has 2 heterocycles. The Labute approximate surface area is 174 Å². The number of nitrogens with one attached hydrogen (secondary N) is 1. The van der Waals surface area contributed by atoms with Gasteiger partial charge in [0.25, 0.3) is 5.91 Å². The predicted octanol–water partition coefficient (Wildman–Crippen LogP) is 2.50. The number of benzene rings is 1. The summed E-state index contributed by atoms with van der Waals surface area (Å²) in [5.74, 6) is 5.67. The van der Waals surface area contributed by atoms with E-state index in [1.54, 1.807) is 13.1 Å². The maximum absolute atomic E-state index is 12.4. The molecular formula is C20H24ClN7O. The fourth-order valence-electron chi connectivity index (χ4n) is 3.13. The molecule has 0 saturated carbocycles. The Bertz CT molecular complexity index is 954. The minimum Gasteiger partial charge on any atom is -0.368 e. The fraction of sp³-hybridized carbons (Fsp3) is 0.250. The molecule has 152 valence electrons. The summed E-state index contributed by atoms with van der Waals surface area (Å²) in [5.41, 5.74) is 10.7. The van der Waals surface area contributed by atoms with Gasteiger partial charge in [0, 0.05) is 38.2 Å². The first kappa shape index (κ1) is 20.6. The van der Waals surface area contributed by atoms with E-state index in [4.69, 9.17) is 23.2 Å². The van der Waals surface area contributed by atoms with Crippen molar-refractivity contribution in [2.75, 3.05) is 25.5 Å². The lowest BCUT2D eigenvalue weighted by atomic mass is 9.95. The van der Waals surface area contributed by atoms with Gasteiger partial charge in [0.2, 0.25) is 5.96 Å². The van der Waals surface area contributed by atoms with Gasteiger partial charge in [-0.05, 0) is 42.7 Å². The van der Waals surface area contributed by atoms with Crippen LogP contribution >= 0.6 is 11.6 Å². The Hall–Kier alpha value is -3.10. The molecule has 0 unspecified atom stereocenters. The van der Waals surface area contributed by atoms with Crippen molar-refractivity contribution >= 4 is 34.7 Å². The Morgan fingerprint density at radius 1 is 1.31 bits per heavy atom. The van der Waals surface area contributed by atoms with E-state index in [0.717, 1.165) is 18.5 Å². The lowest BCUT2D eigenvalue weighted by Crippen LogP contribution is -2.43. The molecule has 8 nitrogen and oxygen atoms in total. The molecule has 1 aliphatic rings. The molecule has 5 N–H and O–H groups in total. The first-order valence-electron chi connectivity index (χ1n) is 9.12. The van der Waals surface area contributed by atoms with E-state index in [2.05, 4.69) is 22.3 Å². The Morgan fingerprint density at radius 3 is 2.69 bits per heavy atom. The number of halogens is 1. The molecule has 0 atom stereocenters. The Balaban J connectivity index is 1.74. The zero-order valence-corrected chi connectivity index (χ0v) is 17.1. The second-order valence-electron chi connectivity index (χ2n) is 6.85. The molecule has 29 heavy (non-hydrogen) atoms. The van der Waals surface area contributed by atoms with Gasteiger partial charge >= 0.3 is 0 Å². The highest BCUT2D eigenvalue weighted by Gasteiger charge is 2.20. The third kappa shape index (κ3) is 5.04. The largest absolute Gasteiger partial charge is 0.368 e. The number of anilines is 1. The van der Waals surface area contributed by atoms with Crippen LogP contribution in [0.5, 0.6) is 0 Å². The molecule has 1 amide bonds. The van der Waals surface area contributed by atoms with Crippen molar-refractivity contribution in [1.29, 1.82) is 0 Å². The molecule has 0 bridgehead atoms. The number of hydrogen-bond acceptors (Lipinski definition) is 5. The molecule has 0 fully saturated rings. The molecule has 1 aromatic heterocycles. The van der Waals surface area contributed by atoms with Crippen molar-refractivity contribution in [2.24, 2.45) is 16.7 Å². The average molecular weight is 414 g/mol. The van der Waals surface area contributed by atoms with Gasteiger partial charge < -0.3 is 16.0 Å². The zero-order chi connectivity index (χ0) is 21.0. The number of pyridine rings is 1. The maximum Gasteiger partial charge on any atom is 0.257 e. The molecular weight excluding hydrogens is 390 g/mol. The van der Waals surface area contributed by atoms with Gasteiger partial charge in [-0.25, -0.2) is 11.0 Å². The van der Waals surface area contributed by atoms with Gasteiger partial charge in [0.1, 0.15) is 0 Å². The maximum atomic E-state index is 12.4. The number of hydrazine groups is 1. The highest BCUT2D eigenvalue weighted by molar-refractivity contribution is 6.34. The first-order valence-corrected chi connectivity index (χ1v) is 9.50. The normalized spacial score (nSPS) is 14.8. The monoisotopic (exact) mass is 413 g/mol. The lowest BCUT2D eigenvalue weighted by Gasteiger charge is -2.31. The van der Waals surface area contributed by atoms with Crippen molar-refractivity contribution in [1.82, 2.24) is 15.0 Å². The Kier molecular flexibility index (Phi) is 6.36. The molecule has 0 radical (unpaired) electrons. The number of aromatic nitrogens is 1. The van der Waals surface area contributed by atoms with Crippen molar-refractivity contribution in [3.8, 4) is 0 Å². The van der Waals surface area contributed by atoms with Crippen LogP contribution in [0.25, 0.3) is 5.57 Å². The van der Waals surface area contributed by atoms with Crippen LogP contribution < -0.4 is 16.9 Å². The van der Waals surface area contributed by atoms with Gasteiger partial charge in [-0.1, -0.05) is 29.3 Å². The molecule has 0 spiro atoms. The number of hydrazone groups is 1. The lowest BCUT2D eigenvalue weighted by molar-refractivity contribution is 0.102. The molecule has 9 heteroatoms. The Morgan fingerprint density at radius 2 is 2.03 bits per heavy atom. The first-order chi connectivity index (χ1) is 13.8. The number of hydrogen-bond donors (Lipinski definition) is 3. The van der Waals surface area contributed by atoms with Crippen LogP contribution in [0.15, 0.2) is 53.4 Å². The van der Waals surface area contributed by atoms with Crippen molar-refractivity contribution in [3.63, 3.8) is 0 Å². The predicted molar refractivity (Wildman–Crippen MR) is 116 cm³/mol. The van der Waals surface area contributed by atoms with E-state index in [9.17, 15) is 4.79 Å². The number of rotatable bonds is 4. The summed E-state index contributed by atoms with van der Waals surface area (Å²) in [6.45, 7) is 3.56. The second-order valence-corrected chi connectivity index (χ2v) is 7.26. The van der Waals surface area contributed by atoms with Crippen LogP contribution in [0.3, 0.4) is 0 Å². The number of carbonyl (C=O) groups is 1. The van der Waals surface area contributed by atoms with E-state index in [1.807, 2.05) is 29.2 Å². The minimum absolute atomic E-state index is 0.278. The molecule has 1 aromatic carbocycles. The SMILES string of the molecule is CC1=C(c2ccc(NC(=O)c3ccncc3Cl)cc2)CN(/C(N)=N/N(C)N)CC1. The van der Waals surface area contributed by atoms with Crippen molar-refractivity contribution < 1.29 is 4.79 Å². The molecule has 2 aromatic rings. The summed E-state index contributed by atoms with van der Waals surface area (Å²) < 4.78 is 0. The highest BCUT2D eigenvalue weighted by atomic mass is 35.5. The standard InChI is InChI=1S/C20H24ClN7O/c1-13-8-10-28(20(22)26-27(2)23)12-17(13)14-3-5-15(6-4-14)25-19(29)16-7-9-24-11-18(16)21/h3-7,9,11H,8,10,12,23H2,1-2H3,(H2,22,26)(H,25,29). The van der Waals surface area contributed by atoms with Gasteiger partial charge in [-0.2, -0.15) is 0 Å². The third-order valence-corrected chi connectivity index (χ3v) is 5.01. The summed E-state index contributed by atoms with van der Waals surface area (Å²) in [4.78, 5) is 18.3. The van der Waals surface area contributed by atoms with Crippen molar-refractivity contribution in [3.05, 3.63) is 64.4 Å². The second kappa shape index (κ2) is 8.93. The number of nitrogens with two attached hydrogens (primary N) is 2. The molecule has 0 aliphatic carbocycles. The fourth-order valence-corrected chi connectivity index (χ4v) is 3.33. The zero-order valence-electron chi connectivity index (χ0n) is 16.4. The van der Waals surface area contributed by atoms with Crippen LogP contribution in [0.1, 0.15) is 29.3 Å². The summed E-state index contributed by atoms with van der Waals surface area (Å²) in [7, 11) is 1.63. The summed E-state index contributed by atoms with van der Waals surface area (Å²) in [6, 6.07) is 9.28. The molecule has 1 aliphatic heterocycles. The van der Waals surface area contributed by atoms with Gasteiger partial charge in [-0.15, -0.1) is 5.10 Å². The number of carbonyl (C=O) groups excluding carboxylic acids is 1. The van der Waals surface area contributed by atoms with Gasteiger partial charge in [0.05, 0.1) is 10.6 Å². The van der Waals surface area contributed by atoms with Crippen LogP contribution in [0, 0.1) is 0 Å². The number of amides is 1. The molecule has 0 saturated heterocycles. The smallest absolute Gasteiger partial charge is 0.257 e. The quantitative estimate of drug-likeness (QED) is 0.307. The van der Waals surface area contributed by atoms with E-state index in [1.165, 1.54) is 28.7 Å². The minimum atomic E-state index is -0.278. The highest BCUT2D eigenvalue weighted by Crippen LogP contribution is 2.27. The van der Waals surface area contributed by atoms with E-state index in [0.29, 0.717) is 28.8 Å². The van der Waals surface area contributed by atoms with Crippen LogP contribution in [-0.4, -0.2) is 47.0 Å². The topological polar surface area (TPSA) is 113 Å². The van der Waals surface area contributed by atoms with E-state index < -0.39 is 0 Å². The average Bonchev–Trinajstić information content (AvgIpc) is 2.69.